The van der Waals surface area contributed by atoms with Crippen molar-refractivity contribution in [3.05, 3.63) is 66.6 Å². The van der Waals surface area contributed by atoms with E-state index >= 15 is 0 Å². The molecule has 0 saturated heterocycles. The van der Waals surface area contributed by atoms with Crippen LogP contribution in [0, 0.1) is 5.82 Å². The van der Waals surface area contributed by atoms with E-state index < -0.39 is 15.8 Å². The van der Waals surface area contributed by atoms with E-state index in [9.17, 15) is 12.8 Å². The van der Waals surface area contributed by atoms with Crippen LogP contribution in [0.2, 0.25) is 0 Å². The number of nitrogens with zero attached hydrogens (tertiary/aromatic N) is 3. The fraction of sp³-hybridized carbons (Fsp3) is 0.118. The van der Waals surface area contributed by atoms with Gasteiger partial charge in [-0.05, 0) is 36.4 Å². The predicted octanol–water partition coefficient (Wildman–Crippen LogP) is 2.14. The summed E-state index contributed by atoms with van der Waals surface area (Å²) in [5.74, 6) is 0.862. The van der Waals surface area contributed by atoms with E-state index in [2.05, 4.69) is 30.5 Å². The summed E-state index contributed by atoms with van der Waals surface area (Å²) < 4.78 is 40.0. The molecule has 27 heavy (non-hydrogen) atoms. The Balaban J connectivity index is 1.49. The van der Waals surface area contributed by atoms with Crippen LogP contribution in [-0.4, -0.2) is 36.7 Å². The molecule has 0 unspecified atom stereocenters. The molecule has 0 aliphatic rings. The zero-order valence-electron chi connectivity index (χ0n) is 14.1. The minimum Gasteiger partial charge on any atom is -0.367 e. The molecular weight excluding hydrogens is 371 g/mol. The number of nitrogens with one attached hydrogen (secondary N) is 3. The van der Waals surface area contributed by atoms with E-state index in [0.29, 0.717) is 17.5 Å². The Morgan fingerprint density at radius 3 is 2.30 bits per heavy atom. The Hall–Kier alpha value is -3.11. The largest absolute Gasteiger partial charge is 0.367 e. The average molecular weight is 388 g/mol. The van der Waals surface area contributed by atoms with Crippen molar-refractivity contribution in [3.8, 4) is 0 Å². The van der Waals surface area contributed by atoms with Gasteiger partial charge in [0.1, 0.15) is 22.3 Å². The molecule has 0 fully saturated rings. The smallest absolute Gasteiger partial charge is 0.243 e. The maximum absolute atomic E-state index is 13.6. The molecule has 0 radical (unpaired) electrons. The standard InChI is InChI=1S/C17H17FN6O2S/c18-13-5-1-2-6-14(13)27(25,26)21-12-11-20-16-8-9-17(24-23-16)22-15-7-3-4-10-19-15/h1-10,21H,11-12H2,(H,20,23)(H,19,22,24). The molecule has 8 nitrogen and oxygen atoms in total. The van der Waals surface area contributed by atoms with Gasteiger partial charge in [-0.3, -0.25) is 0 Å². The summed E-state index contributed by atoms with van der Waals surface area (Å²) in [4.78, 5) is 3.75. The van der Waals surface area contributed by atoms with Crippen LogP contribution in [-0.2, 0) is 10.0 Å². The molecule has 3 rings (SSSR count). The summed E-state index contributed by atoms with van der Waals surface area (Å²) in [6.07, 6.45) is 1.66. The van der Waals surface area contributed by atoms with Gasteiger partial charge in [0.2, 0.25) is 10.0 Å². The number of benzene rings is 1. The van der Waals surface area contributed by atoms with Crippen molar-refractivity contribution in [1.82, 2.24) is 19.9 Å². The lowest BCUT2D eigenvalue weighted by atomic mass is 10.4. The van der Waals surface area contributed by atoms with Crippen molar-refractivity contribution >= 4 is 27.5 Å². The summed E-state index contributed by atoms with van der Waals surface area (Å²) in [7, 11) is -3.90. The van der Waals surface area contributed by atoms with Gasteiger partial charge >= 0.3 is 0 Å². The quantitative estimate of drug-likeness (QED) is 0.507. The number of hydrogen-bond donors (Lipinski definition) is 3. The van der Waals surface area contributed by atoms with E-state index in [-0.39, 0.29) is 18.0 Å². The first kappa shape index (κ1) is 18.7. The molecule has 0 saturated carbocycles. The molecule has 3 aromatic rings. The molecule has 0 spiro atoms. The minimum absolute atomic E-state index is 0.0618. The third-order valence-corrected chi connectivity index (χ3v) is 4.93. The lowest BCUT2D eigenvalue weighted by molar-refractivity contribution is 0.558. The van der Waals surface area contributed by atoms with Crippen molar-refractivity contribution < 1.29 is 12.8 Å². The van der Waals surface area contributed by atoms with Crippen LogP contribution >= 0.6 is 0 Å². The fourth-order valence-corrected chi connectivity index (χ4v) is 3.29. The van der Waals surface area contributed by atoms with Crippen LogP contribution < -0.4 is 15.4 Å². The third kappa shape index (κ3) is 5.19. The number of pyridine rings is 1. The zero-order chi connectivity index (χ0) is 19.1. The predicted molar refractivity (Wildman–Crippen MR) is 99.6 cm³/mol. The van der Waals surface area contributed by atoms with Gasteiger partial charge in [-0.1, -0.05) is 18.2 Å². The number of hydrogen-bond acceptors (Lipinski definition) is 7. The maximum atomic E-state index is 13.6. The van der Waals surface area contributed by atoms with Gasteiger partial charge < -0.3 is 10.6 Å². The Bertz CT molecular complexity index is 984. The highest BCUT2D eigenvalue weighted by Crippen LogP contribution is 2.13. The molecule has 3 N–H and O–H groups in total. The van der Waals surface area contributed by atoms with Crippen molar-refractivity contribution in [2.45, 2.75) is 4.90 Å². The second-order valence-electron chi connectivity index (χ2n) is 5.40. The molecule has 1 aromatic carbocycles. The highest BCUT2D eigenvalue weighted by Gasteiger charge is 2.17. The Morgan fingerprint density at radius 1 is 0.852 bits per heavy atom. The Kier molecular flexibility index (Phi) is 5.89. The molecule has 2 aromatic heterocycles. The van der Waals surface area contributed by atoms with Crippen molar-refractivity contribution in [2.75, 3.05) is 23.7 Å². The molecule has 2 heterocycles. The lowest BCUT2D eigenvalue weighted by Gasteiger charge is -2.09. The number of anilines is 3. The first-order chi connectivity index (χ1) is 13.0. The second kappa shape index (κ2) is 8.52. The van der Waals surface area contributed by atoms with Gasteiger partial charge in [-0.2, -0.15) is 0 Å². The van der Waals surface area contributed by atoms with Crippen LogP contribution in [0.15, 0.2) is 65.7 Å². The van der Waals surface area contributed by atoms with E-state index in [0.717, 1.165) is 6.07 Å². The van der Waals surface area contributed by atoms with Crippen LogP contribution in [0.25, 0.3) is 0 Å². The molecule has 0 aliphatic heterocycles. The van der Waals surface area contributed by atoms with E-state index in [1.807, 2.05) is 12.1 Å². The van der Waals surface area contributed by atoms with Crippen molar-refractivity contribution in [2.24, 2.45) is 0 Å². The summed E-state index contributed by atoms with van der Waals surface area (Å²) in [6, 6.07) is 14.1. The van der Waals surface area contributed by atoms with Crippen LogP contribution in [0.5, 0.6) is 0 Å². The summed E-state index contributed by atoms with van der Waals surface area (Å²) in [6.45, 7) is 0.321. The second-order valence-corrected chi connectivity index (χ2v) is 7.13. The number of halogens is 1. The monoisotopic (exact) mass is 388 g/mol. The first-order valence-corrected chi connectivity index (χ1v) is 9.53. The average Bonchev–Trinajstić information content (AvgIpc) is 2.67. The summed E-state index contributed by atoms with van der Waals surface area (Å²) >= 11 is 0. The van der Waals surface area contributed by atoms with E-state index in [1.54, 1.807) is 24.4 Å². The lowest BCUT2D eigenvalue weighted by Crippen LogP contribution is -2.29. The Labute approximate surface area is 155 Å². The fourth-order valence-electron chi connectivity index (χ4n) is 2.18. The SMILES string of the molecule is O=S(=O)(NCCNc1ccc(Nc2ccccn2)nn1)c1ccccc1F. The van der Waals surface area contributed by atoms with Gasteiger partial charge in [0.05, 0.1) is 0 Å². The maximum Gasteiger partial charge on any atom is 0.243 e. The molecule has 0 aliphatic carbocycles. The third-order valence-electron chi connectivity index (χ3n) is 3.43. The van der Waals surface area contributed by atoms with Crippen LogP contribution in [0.1, 0.15) is 0 Å². The highest BCUT2D eigenvalue weighted by molar-refractivity contribution is 7.89. The van der Waals surface area contributed by atoms with Gasteiger partial charge in [0.15, 0.2) is 5.82 Å². The zero-order valence-corrected chi connectivity index (χ0v) is 14.9. The van der Waals surface area contributed by atoms with Crippen molar-refractivity contribution in [1.29, 1.82) is 0 Å². The number of aromatic nitrogens is 3. The van der Waals surface area contributed by atoms with Gasteiger partial charge in [-0.25, -0.2) is 22.5 Å². The van der Waals surface area contributed by atoms with Crippen molar-refractivity contribution in [3.63, 3.8) is 0 Å². The highest BCUT2D eigenvalue weighted by atomic mass is 32.2. The van der Waals surface area contributed by atoms with Crippen LogP contribution in [0.3, 0.4) is 0 Å². The Morgan fingerprint density at radius 2 is 1.59 bits per heavy atom. The number of sulfonamides is 1. The van der Waals surface area contributed by atoms with Gasteiger partial charge in [-0.15, -0.1) is 10.2 Å². The topological polar surface area (TPSA) is 109 Å². The summed E-state index contributed by atoms with van der Waals surface area (Å²) in [5.41, 5.74) is 0. The molecule has 10 heteroatoms. The van der Waals surface area contributed by atoms with E-state index in [1.165, 1.54) is 18.2 Å². The van der Waals surface area contributed by atoms with Gasteiger partial charge in [0.25, 0.3) is 0 Å². The summed E-state index contributed by atoms with van der Waals surface area (Å²) in [5, 5.41) is 13.9. The van der Waals surface area contributed by atoms with Gasteiger partial charge in [0, 0.05) is 19.3 Å². The molecule has 0 bridgehead atoms. The molecular formula is C17H17FN6O2S. The van der Waals surface area contributed by atoms with Crippen LogP contribution in [0.4, 0.5) is 21.8 Å². The molecule has 0 atom stereocenters. The molecule has 140 valence electrons. The molecule has 0 amide bonds. The normalized spacial score (nSPS) is 11.1. The minimum atomic E-state index is -3.90. The first-order valence-electron chi connectivity index (χ1n) is 8.04. The number of rotatable bonds is 8. The van der Waals surface area contributed by atoms with E-state index in [4.69, 9.17) is 0 Å².